The number of hydrogen-bond donors (Lipinski definition) is 0. The number of amidine groups is 1. The lowest BCUT2D eigenvalue weighted by atomic mass is 10.0. The lowest BCUT2D eigenvalue weighted by Crippen LogP contribution is -2.52. The van der Waals surface area contributed by atoms with Gasteiger partial charge in [0.2, 0.25) is 11.6 Å². The molecule has 4 aromatic rings. The molecule has 55 heavy (non-hydrogen) atoms. The number of likely N-dealkylation sites (N-methyl/N-ethyl adjacent to an activating group) is 1. The summed E-state index contributed by atoms with van der Waals surface area (Å²) in [6, 6.07) is 22.4. The second kappa shape index (κ2) is 18.2. The molecule has 0 saturated carbocycles. The molecular formula is C41H43F2N5O7. The number of carbonyl (C=O) groups excluding carboxylic acids is 2. The number of carbonyl (C=O) groups is 2. The number of rotatable bonds is 17. The summed E-state index contributed by atoms with van der Waals surface area (Å²) in [5, 5.41) is 9.70. The lowest BCUT2D eigenvalue weighted by molar-refractivity contribution is -0.148. The number of hydrogen-bond acceptors (Lipinski definition) is 12. The number of benzene rings is 3. The van der Waals surface area contributed by atoms with Crippen molar-refractivity contribution < 1.29 is 42.1 Å². The Balaban J connectivity index is 1.64. The highest BCUT2D eigenvalue weighted by Crippen LogP contribution is 2.42. The van der Waals surface area contributed by atoms with Crippen LogP contribution in [0.15, 0.2) is 77.8 Å². The molecule has 0 radical (unpaired) electrons. The second-order valence-electron chi connectivity index (χ2n) is 12.9. The third-order valence-electron chi connectivity index (χ3n) is 8.66. The highest BCUT2D eigenvalue weighted by atomic mass is 19.1. The van der Waals surface area contributed by atoms with Gasteiger partial charge in [-0.2, -0.15) is 19.0 Å². The van der Waals surface area contributed by atoms with Crippen LogP contribution in [0.2, 0.25) is 0 Å². The molecule has 5 rings (SSSR count). The fourth-order valence-electron chi connectivity index (χ4n) is 5.84. The number of nitriles is 1. The zero-order valence-corrected chi connectivity index (χ0v) is 31.4. The van der Waals surface area contributed by atoms with Crippen molar-refractivity contribution in [1.29, 1.82) is 5.26 Å². The molecule has 0 N–H and O–H groups in total. The molecule has 1 aliphatic rings. The summed E-state index contributed by atoms with van der Waals surface area (Å²) in [5.41, 5.74) is -0.700. The number of aliphatic imine (C=N–C) groups is 1. The van der Waals surface area contributed by atoms with Crippen LogP contribution in [0.5, 0.6) is 29.0 Å². The predicted molar refractivity (Wildman–Crippen MR) is 201 cm³/mol. The van der Waals surface area contributed by atoms with E-state index in [-0.39, 0.29) is 62.0 Å². The molecule has 0 bridgehead atoms. The monoisotopic (exact) mass is 755 g/mol. The first-order valence-electron chi connectivity index (χ1n) is 17.9. The summed E-state index contributed by atoms with van der Waals surface area (Å²) in [5.74, 6) is -4.31. The van der Waals surface area contributed by atoms with E-state index in [1.54, 1.807) is 32.0 Å². The lowest BCUT2D eigenvalue weighted by Gasteiger charge is -2.38. The number of nitrogens with zero attached hydrogens (tertiary/aromatic N) is 5. The normalized spacial score (nSPS) is 12.4. The molecule has 0 unspecified atom stereocenters. The topological polar surface area (TPSA) is 136 Å². The molecule has 1 aliphatic heterocycles. The van der Waals surface area contributed by atoms with Crippen molar-refractivity contribution in [3.05, 3.63) is 101 Å². The second-order valence-corrected chi connectivity index (χ2v) is 12.9. The highest BCUT2D eigenvalue weighted by molar-refractivity contribution is 5.99. The summed E-state index contributed by atoms with van der Waals surface area (Å²) in [6.45, 7) is 7.58. The molecule has 0 aliphatic carbocycles. The van der Waals surface area contributed by atoms with E-state index in [0.717, 1.165) is 17.0 Å². The third kappa shape index (κ3) is 9.66. The Bertz CT molecular complexity index is 2070. The van der Waals surface area contributed by atoms with E-state index in [0.29, 0.717) is 17.9 Å². The molecule has 0 atom stereocenters. The van der Waals surface area contributed by atoms with Gasteiger partial charge in [-0.1, -0.05) is 42.5 Å². The average Bonchev–Trinajstić information content (AvgIpc) is 3.61. The molecular weight excluding hydrogens is 712 g/mol. The van der Waals surface area contributed by atoms with Crippen molar-refractivity contribution in [3.8, 4) is 35.1 Å². The molecule has 3 aromatic carbocycles. The summed E-state index contributed by atoms with van der Waals surface area (Å²) in [7, 11) is 1.90. The fraction of sp³-hybridized carbons (Fsp3) is 0.341. The van der Waals surface area contributed by atoms with Crippen LogP contribution in [0.1, 0.15) is 57.2 Å². The van der Waals surface area contributed by atoms with Gasteiger partial charge in [-0.05, 0) is 63.9 Å². The van der Waals surface area contributed by atoms with Crippen molar-refractivity contribution in [2.24, 2.45) is 4.99 Å². The minimum Gasteiger partial charge on any atom is -0.485 e. The van der Waals surface area contributed by atoms with Gasteiger partial charge in [-0.3, -0.25) is 9.79 Å². The number of pyridine rings is 1. The van der Waals surface area contributed by atoms with Gasteiger partial charge in [0.15, 0.2) is 11.5 Å². The van der Waals surface area contributed by atoms with E-state index in [9.17, 15) is 14.9 Å². The first-order valence-corrected chi connectivity index (χ1v) is 17.9. The number of halogens is 2. The molecule has 288 valence electrons. The Morgan fingerprint density at radius 1 is 0.927 bits per heavy atom. The third-order valence-corrected chi connectivity index (χ3v) is 8.66. The minimum atomic E-state index is -1.68. The molecule has 2 heterocycles. The number of esters is 2. The molecule has 0 spiro atoms. The molecule has 12 nitrogen and oxygen atoms in total. The molecule has 14 heteroatoms. The van der Waals surface area contributed by atoms with E-state index in [2.05, 4.69) is 9.98 Å². The number of aromatic nitrogens is 1. The van der Waals surface area contributed by atoms with Crippen molar-refractivity contribution in [2.45, 2.75) is 52.7 Å². The Labute approximate surface area is 318 Å². The van der Waals surface area contributed by atoms with Crippen LogP contribution in [0, 0.1) is 23.0 Å². The Morgan fingerprint density at radius 3 is 2.33 bits per heavy atom. The van der Waals surface area contributed by atoms with Crippen LogP contribution in [0.3, 0.4) is 0 Å². The quantitative estimate of drug-likeness (QED) is 0.0987. The van der Waals surface area contributed by atoms with Crippen molar-refractivity contribution >= 4 is 23.5 Å². The van der Waals surface area contributed by atoms with E-state index in [1.165, 1.54) is 32.0 Å². The fourth-order valence-corrected chi connectivity index (χ4v) is 5.84. The largest absolute Gasteiger partial charge is 0.485 e. The smallest absolute Gasteiger partial charge is 0.331 e. The van der Waals surface area contributed by atoms with Gasteiger partial charge in [-0.25, -0.2) is 4.79 Å². The Morgan fingerprint density at radius 2 is 1.65 bits per heavy atom. The number of ether oxygens (including phenoxy) is 5. The van der Waals surface area contributed by atoms with E-state index in [1.807, 2.05) is 54.4 Å². The first-order chi connectivity index (χ1) is 26.5. The standard InChI is InChI=1S/C41H43F2N5O7/c1-6-51-33(49)17-12-21-48(41(3,4)40(50)52-7-2)36-34(42)38(54-30-16-11-15-29(24-30)37-45-20-22-47(37)5)46-39(35(36)43)55-32-23-28(25-44)18-19-31(32)53-26-27-13-9-8-10-14-27/h8-11,13-16,18-19,23-24H,6-7,12,17,20-22,26H2,1-5H3. The van der Waals surface area contributed by atoms with Crippen LogP contribution in [0.4, 0.5) is 14.5 Å². The van der Waals surface area contributed by atoms with Gasteiger partial charge in [0.05, 0.1) is 31.4 Å². The van der Waals surface area contributed by atoms with Crippen LogP contribution < -0.4 is 19.1 Å². The van der Waals surface area contributed by atoms with E-state index in [4.69, 9.17) is 23.7 Å². The van der Waals surface area contributed by atoms with Gasteiger partial charge in [0.1, 0.15) is 29.4 Å². The van der Waals surface area contributed by atoms with Gasteiger partial charge < -0.3 is 33.5 Å². The highest BCUT2D eigenvalue weighted by Gasteiger charge is 2.41. The maximum atomic E-state index is 17.1. The Hall–Kier alpha value is -6.23. The van der Waals surface area contributed by atoms with Gasteiger partial charge in [0, 0.05) is 38.2 Å². The zero-order chi connectivity index (χ0) is 39.5. The average molecular weight is 756 g/mol. The van der Waals surface area contributed by atoms with Crippen LogP contribution in [-0.4, -0.2) is 73.1 Å². The first kappa shape index (κ1) is 40.0. The van der Waals surface area contributed by atoms with Crippen molar-refractivity contribution in [2.75, 3.05) is 44.8 Å². The van der Waals surface area contributed by atoms with E-state index < -0.39 is 46.6 Å². The SMILES string of the molecule is CCOC(=O)CCCN(c1c(F)c(Oc2cccc(C3=NCCN3C)c2)nc(Oc2cc(C#N)ccc2OCc2ccccc2)c1F)C(C)(C)C(=O)OCC. The summed E-state index contributed by atoms with van der Waals surface area (Å²) in [4.78, 5) is 37.5. The van der Waals surface area contributed by atoms with Crippen molar-refractivity contribution in [1.82, 2.24) is 9.88 Å². The Kier molecular flexibility index (Phi) is 13.2. The summed E-state index contributed by atoms with van der Waals surface area (Å²) in [6.07, 6.45) is -0.0485. The minimum absolute atomic E-state index is 0.000767. The zero-order valence-electron chi connectivity index (χ0n) is 31.4. The molecule has 0 saturated heterocycles. The summed E-state index contributed by atoms with van der Waals surface area (Å²) >= 11 is 0. The van der Waals surface area contributed by atoms with Gasteiger partial charge >= 0.3 is 11.9 Å². The maximum Gasteiger partial charge on any atom is 0.331 e. The molecule has 0 amide bonds. The molecule has 0 fully saturated rings. The van der Waals surface area contributed by atoms with Gasteiger partial charge in [-0.15, -0.1) is 0 Å². The van der Waals surface area contributed by atoms with E-state index >= 15 is 8.78 Å². The number of anilines is 1. The predicted octanol–water partition coefficient (Wildman–Crippen LogP) is 7.58. The van der Waals surface area contributed by atoms with Crippen LogP contribution in [0.25, 0.3) is 0 Å². The van der Waals surface area contributed by atoms with Gasteiger partial charge in [0.25, 0.3) is 11.8 Å². The molecule has 1 aromatic heterocycles. The summed E-state index contributed by atoms with van der Waals surface area (Å²) < 4.78 is 62.5. The van der Waals surface area contributed by atoms with Crippen LogP contribution >= 0.6 is 0 Å². The van der Waals surface area contributed by atoms with Crippen LogP contribution in [-0.2, 0) is 25.7 Å². The maximum absolute atomic E-state index is 17.1. The van der Waals surface area contributed by atoms with Crippen molar-refractivity contribution in [3.63, 3.8) is 0 Å².